The van der Waals surface area contributed by atoms with E-state index in [0.29, 0.717) is 31.1 Å². The molecule has 0 aliphatic carbocycles. The van der Waals surface area contributed by atoms with Crippen molar-refractivity contribution in [3.63, 3.8) is 0 Å². The van der Waals surface area contributed by atoms with Crippen molar-refractivity contribution in [1.29, 1.82) is 0 Å². The van der Waals surface area contributed by atoms with Gasteiger partial charge in [0.15, 0.2) is 0 Å². The summed E-state index contributed by atoms with van der Waals surface area (Å²) in [5.41, 5.74) is 6.35. The van der Waals surface area contributed by atoms with Gasteiger partial charge in [-0.15, -0.1) is 0 Å². The summed E-state index contributed by atoms with van der Waals surface area (Å²) >= 11 is 12.0. The lowest BCUT2D eigenvalue weighted by atomic mass is 10.2. The summed E-state index contributed by atoms with van der Waals surface area (Å²) in [6.07, 6.45) is 0. The molecule has 21 heavy (non-hydrogen) atoms. The predicted molar refractivity (Wildman–Crippen MR) is 84.9 cm³/mol. The number of nitrogens with one attached hydrogen (secondary N) is 1. The minimum atomic E-state index is -0.284. The SMILES string of the molecule is COCCN(CCO)CC(=O)Nc1c(Cl)cc(N)cc1Cl. The van der Waals surface area contributed by atoms with Gasteiger partial charge in [-0.2, -0.15) is 0 Å². The molecule has 1 rings (SSSR count). The maximum absolute atomic E-state index is 12.0. The highest BCUT2D eigenvalue weighted by Gasteiger charge is 2.14. The topological polar surface area (TPSA) is 87.8 Å². The Morgan fingerprint density at radius 2 is 2.00 bits per heavy atom. The van der Waals surface area contributed by atoms with E-state index in [0.717, 1.165) is 0 Å². The van der Waals surface area contributed by atoms with Crippen LogP contribution >= 0.6 is 23.2 Å². The number of halogens is 2. The molecule has 0 saturated carbocycles. The molecule has 0 bridgehead atoms. The number of carbonyl (C=O) groups is 1. The van der Waals surface area contributed by atoms with E-state index in [9.17, 15) is 4.79 Å². The van der Waals surface area contributed by atoms with Crippen LogP contribution in [0.4, 0.5) is 11.4 Å². The molecule has 1 aromatic rings. The lowest BCUT2D eigenvalue weighted by Crippen LogP contribution is -2.37. The average molecular weight is 336 g/mol. The molecule has 0 atom stereocenters. The molecular weight excluding hydrogens is 317 g/mol. The Hall–Kier alpha value is -1.05. The number of nitrogens with zero attached hydrogens (tertiary/aromatic N) is 1. The first-order valence-electron chi connectivity index (χ1n) is 6.34. The van der Waals surface area contributed by atoms with Gasteiger partial charge in [0, 0.05) is 25.9 Å². The smallest absolute Gasteiger partial charge is 0.238 e. The van der Waals surface area contributed by atoms with Crippen molar-refractivity contribution in [1.82, 2.24) is 4.90 Å². The van der Waals surface area contributed by atoms with Crippen molar-refractivity contribution in [2.24, 2.45) is 0 Å². The molecule has 0 saturated heterocycles. The van der Waals surface area contributed by atoms with Gasteiger partial charge in [0.2, 0.25) is 5.91 Å². The zero-order chi connectivity index (χ0) is 15.8. The highest BCUT2D eigenvalue weighted by molar-refractivity contribution is 6.40. The molecule has 8 heteroatoms. The third kappa shape index (κ3) is 6.07. The van der Waals surface area contributed by atoms with Gasteiger partial charge >= 0.3 is 0 Å². The van der Waals surface area contributed by atoms with Gasteiger partial charge in [0.25, 0.3) is 0 Å². The second-order valence-corrected chi connectivity index (χ2v) is 5.21. The molecule has 6 nitrogen and oxygen atoms in total. The van der Waals surface area contributed by atoms with Crippen molar-refractivity contribution in [3.8, 4) is 0 Å². The summed E-state index contributed by atoms with van der Waals surface area (Å²) in [6.45, 7) is 1.44. The summed E-state index contributed by atoms with van der Waals surface area (Å²) in [6, 6.07) is 3.03. The van der Waals surface area contributed by atoms with Crippen LogP contribution in [0.15, 0.2) is 12.1 Å². The number of hydrogen-bond acceptors (Lipinski definition) is 5. The van der Waals surface area contributed by atoms with Gasteiger partial charge in [-0.05, 0) is 12.1 Å². The van der Waals surface area contributed by atoms with E-state index in [-0.39, 0.29) is 29.1 Å². The monoisotopic (exact) mass is 335 g/mol. The molecule has 0 radical (unpaired) electrons. The van der Waals surface area contributed by atoms with E-state index in [1.165, 1.54) is 12.1 Å². The normalized spacial score (nSPS) is 10.9. The largest absolute Gasteiger partial charge is 0.399 e. The van der Waals surface area contributed by atoms with Crippen LogP contribution in [0.3, 0.4) is 0 Å². The molecule has 0 aliphatic heterocycles. The summed E-state index contributed by atoms with van der Waals surface area (Å²) in [4.78, 5) is 13.8. The number of aliphatic hydroxyl groups excluding tert-OH is 1. The Balaban J connectivity index is 2.67. The number of anilines is 2. The van der Waals surface area contributed by atoms with Crippen LogP contribution < -0.4 is 11.1 Å². The molecule has 0 aromatic heterocycles. The fourth-order valence-electron chi connectivity index (χ4n) is 1.73. The molecule has 1 aromatic carbocycles. The zero-order valence-corrected chi connectivity index (χ0v) is 13.2. The van der Waals surface area contributed by atoms with Gasteiger partial charge in [-0.3, -0.25) is 9.69 Å². The number of rotatable bonds is 8. The zero-order valence-electron chi connectivity index (χ0n) is 11.7. The van der Waals surface area contributed by atoms with Crippen molar-refractivity contribution < 1.29 is 14.6 Å². The number of ether oxygens (including phenoxy) is 1. The van der Waals surface area contributed by atoms with Gasteiger partial charge < -0.3 is 20.9 Å². The number of nitrogens with two attached hydrogens (primary N) is 1. The maximum Gasteiger partial charge on any atom is 0.238 e. The van der Waals surface area contributed by atoms with E-state index in [1.54, 1.807) is 12.0 Å². The van der Waals surface area contributed by atoms with Crippen LogP contribution in [0.2, 0.25) is 10.0 Å². The Labute approximate surface area is 133 Å². The minimum absolute atomic E-state index is 0.0413. The third-order valence-electron chi connectivity index (χ3n) is 2.72. The average Bonchev–Trinajstić information content (AvgIpc) is 2.40. The van der Waals surface area contributed by atoms with Crippen LogP contribution in [-0.2, 0) is 9.53 Å². The Kier molecular flexibility index (Phi) is 7.77. The minimum Gasteiger partial charge on any atom is -0.399 e. The van der Waals surface area contributed by atoms with Crippen LogP contribution in [-0.4, -0.2) is 55.9 Å². The first kappa shape index (κ1) is 18.0. The van der Waals surface area contributed by atoms with E-state index >= 15 is 0 Å². The molecule has 0 aliphatic rings. The number of nitrogen functional groups attached to an aromatic ring is 1. The highest BCUT2D eigenvalue weighted by atomic mass is 35.5. The molecule has 0 heterocycles. The van der Waals surface area contributed by atoms with E-state index < -0.39 is 0 Å². The summed E-state index contributed by atoms with van der Waals surface area (Å²) < 4.78 is 4.96. The van der Waals surface area contributed by atoms with Crippen molar-refractivity contribution in [3.05, 3.63) is 22.2 Å². The standard InChI is InChI=1S/C13H19Cl2N3O3/c1-21-5-3-18(2-4-19)8-12(20)17-13-10(14)6-9(16)7-11(13)15/h6-7,19H,2-5,8,16H2,1H3,(H,17,20). The third-order valence-corrected chi connectivity index (χ3v) is 3.32. The number of benzene rings is 1. The van der Waals surface area contributed by atoms with Crippen molar-refractivity contribution in [2.45, 2.75) is 0 Å². The molecule has 118 valence electrons. The van der Waals surface area contributed by atoms with E-state index in [2.05, 4.69) is 5.32 Å². The van der Waals surface area contributed by atoms with Crippen molar-refractivity contribution >= 4 is 40.5 Å². The molecule has 0 fully saturated rings. The number of aliphatic hydroxyl groups is 1. The van der Waals surface area contributed by atoms with Gasteiger partial charge in [0.1, 0.15) is 0 Å². The van der Waals surface area contributed by atoms with Crippen molar-refractivity contribution in [2.75, 3.05) is 51.0 Å². The summed E-state index contributed by atoms with van der Waals surface area (Å²) in [5, 5.41) is 12.2. The quantitative estimate of drug-likeness (QED) is 0.626. The van der Waals surface area contributed by atoms with Crippen LogP contribution in [0.25, 0.3) is 0 Å². The van der Waals surface area contributed by atoms with Gasteiger partial charge in [-0.25, -0.2) is 0 Å². The van der Waals surface area contributed by atoms with Crippen LogP contribution in [0.1, 0.15) is 0 Å². The predicted octanol–water partition coefficient (Wildman–Crippen LogP) is 1.45. The first-order valence-corrected chi connectivity index (χ1v) is 7.10. The second-order valence-electron chi connectivity index (χ2n) is 4.40. The fourth-order valence-corrected chi connectivity index (χ4v) is 2.32. The van der Waals surface area contributed by atoms with E-state index in [4.69, 9.17) is 38.8 Å². The van der Waals surface area contributed by atoms with Crippen LogP contribution in [0, 0.1) is 0 Å². The Morgan fingerprint density at radius 1 is 1.38 bits per heavy atom. The summed E-state index contributed by atoms with van der Waals surface area (Å²) in [5.74, 6) is -0.284. The Morgan fingerprint density at radius 3 is 2.52 bits per heavy atom. The molecule has 4 N–H and O–H groups in total. The highest BCUT2D eigenvalue weighted by Crippen LogP contribution is 2.32. The molecule has 0 spiro atoms. The summed E-state index contributed by atoms with van der Waals surface area (Å²) in [7, 11) is 1.57. The molecule has 0 unspecified atom stereocenters. The lowest BCUT2D eigenvalue weighted by Gasteiger charge is -2.20. The van der Waals surface area contributed by atoms with Gasteiger partial charge in [-0.1, -0.05) is 23.2 Å². The Bertz CT molecular complexity index is 463. The second kappa shape index (κ2) is 9.07. The molecule has 1 amide bonds. The maximum atomic E-state index is 12.0. The first-order chi connectivity index (χ1) is 9.97. The number of carbonyl (C=O) groups excluding carboxylic acids is 1. The fraction of sp³-hybridized carbons (Fsp3) is 0.462. The van der Waals surface area contributed by atoms with Crippen LogP contribution in [0.5, 0.6) is 0 Å². The number of amides is 1. The lowest BCUT2D eigenvalue weighted by molar-refractivity contribution is -0.117. The van der Waals surface area contributed by atoms with E-state index in [1.807, 2.05) is 0 Å². The number of hydrogen-bond donors (Lipinski definition) is 3. The number of methoxy groups -OCH3 is 1. The molecular formula is C13H19Cl2N3O3. The van der Waals surface area contributed by atoms with Gasteiger partial charge in [0.05, 0.1) is 35.5 Å².